The van der Waals surface area contributed by atoms with Crippen LogP contribution in [0.2, 0.25) is 0 Å². The minimum atomic E-state index is -4.39. The zero-order valence-electron chi connectivity index (χ0n) is 10.6. The fourth-order valence-electron chi connectivity index (χ4n) is 1.46. The first-order valence-corrected chi connectivity index (χ1v) is 8.90. The van der Waals surface area contributed by atoms with Crippen LogP contribution < -0.4 is 5.11 Å². The number of halogens is 5. The van der Waals surface area contributed by atoms with Crippen molar-refractivity contribution in [1.82, 2.24) is 0 Å². The van der Waals surface area contributed by atoms with Crippen LogP contribution in [0, 0.1) is 10.7 Å². The topological polar surface area (TPSA) is 86.7 Å². The Balaban J connectivity index is 3.10. The largest absolute Gasteiger partial charge is 0.544 e. The van der Waals surface area contributed by atoms with Crippen molar-refractivity contribution in [2.24, 2.45) is 0 Å². The second kappa shape index (κ2) is 8.32. The molecule has 0 aliphatic heterocycles. The Morgan fingerprint density at radius 1 is 1.32 bits per heavy atom. The first kappa shape index (κ1) is 20.2. The summed E-state index contributed by atoms with van der Waals surface area (Å²) in [6.07, 6.45) is -3.02. The molecule has 1 rings (SSSR count). The van der Waals surface area contributed by atoms with E-state index in [1.165, 1.54) is 6.07 Å². The summed E-state index contributed by atoms with van der Waals surface area (Å²) in [5.41, 5.74) is 0.0500. The predicted molar refractivity (Wildman–Crippen MR) is 95.5 cm³/mol. The maximum Gasteiger partial charge on any atom is 0.339 e. The highest BCUT2D eigenvalue weighted by Crippen LogP contribution is 2.27. The van der Waals surface area contributed by atoms with Gasteiger partial charge in [0.1, 0.15) is 5.97 Å². The molecule has 0 aliphatic rings. The number of carbonyl (C=O) groups excluding carboxylic acids is 2. The normalized spacial score (nSPS) is 12.8. The fraction of sp³-hybridized carbons (Fsp3) is 0.333. The van der Waals surface area contributed by atoms with Crippen LogP contribution in [0.3, 0.4) is 0 Å². The molecule has 1 atom stereocenters. The Labute approximate surface area is 165 Å². The molecule has 122 valence electrons. The molecule has 0 radical (unpaired) electrons. The number of esters is 1. The number of carbonyl (C=O) groups is 2. The number of aliphatic hydroxyl groups excluding tert-OH is 1. The first-order chi connectivity index (χ1) is 10.1. The average Bonchev–Trinajstić information content (AvgIpc) is 2.41. The summed E-state index contributed by atoms with van der Waals surface area (Å²) in [7, 11) is 0. The Kier molecular flexibility index (Phi) is 7.65. The number of hydrogen-bond acceptors (Lipinski definition) is 5. The van der Waals surface area contributed by atoms with Crippen LogP contribution in [0.1, 0.15) is 16.8 Å². The molecule has 0 saturated heterocycles. The lowest BCUT2D eigenvalue weighted by Crippen LogP contribution is -2.51. The minimum Gasteiger partial charge on any atom is -0.544 e. The van der Waals surface area contributed by atoms with Crippen LogP contribution in [0.4, 0.5) is 8.78 Å². The summed E-state index contributed by atoms with van der Waals surface area (Å²) < 4.78 is 33.5. The van der Waals surface area contributed by atoms with E-state index in [9.17, 15) is 23.5 Å². The molecule has 0 heterocycles. The molecule has 1 aromatic carbocycles. The van der Waals surface area contributed by atoms with Crippen LogP contribution in [-0.2, 0) is 9.53 Å². The zero-order valence-corrected chi connectivity index (χ0v) is 17.1. The fourth-order valence-corrected chi connectivity index (χ4v) is 3.84. The quantitative estimate of drug-likeness (QED) is 0.289. The van der Waals surface area contributed by atoms with Crippen molar-refractivity contribution in [2.75, 3.05) is 6.61 Å². The molecular weight excluding hydrogens is 643 g/mol. The lowest BCUT2D eigenvalue weighted by Gasteiger charge is -2.27. The molecule has 0 fully saturated rings. The average molecular weight is 651 g/mol. The van der Waals surface area contributed by atoms with Gasteiger partial charge >= 0.3 is 11.9 Å². The predicted octanol–water partition coefficient (Wildman–Crippen LogP) is 1.79. The molecule has 1 aromatic rings. The molecule has 1 N–H and O–H groups in total. The summed E-state index contributed by atoms with van der Waals surface area (Å²) in [5, 5.41) is 19.3. The van der Waals surface area contributed by atoms with Crippen LogP contribution in [0.5, 0.6) is 0 Å². The molecular formula is C12H8F2I3O5-. The number of alkyl halides is 2. The van der Waals surface area contributed by atoms with Gasteiger partial charge in [0.2, 0.25) is 0 Å². The van der Waals surface area contributed by atoms with Crippen molar-refractivity contribution >= 4 is 79.7 Å². The van der Waals surface area contributed by atoms with Crippen molar-refractivity contribution in [1.29, 1.82) is 0 Å². The van der Waals surface area contributed by atoms with Gasteiger partial charge in [-0.3, -0.25) is 0 Å². The summed E-state index contributed by atoms with van der Waals surface area (Å²) in [6, 6.07) is 3.22. The van der Waals surface area contributed by atoms with Gasteiger partial charge in [-0.15, -0.1) is 0 Å². The van der Waals surface area contributed by atoms with E-state index in [4.69, 9.17) is 5.11 Å². The number of hydrogen-bond donors (Lipinski definition) is 1. The van der Waals surface area contributed by atoms with Gasteiger partial charge in [-0.25, -0.2) is 4.79 Å². The van der Waals surface area contributed by atoms with E-state index < -0.39 is 37.0 Å². The van der Waals surface area contributed by atoms with Gasteiger partial charge in [-0.1, -0.05) is 0 Å². The Morgan fingerprint density at radius 3 is 2.41 bits per heavy atom. The summed E-state index contributed by atoms with van der Waals surface area (Å²) in [6.45, 7) is -0.762. The number of benzene rings is 1. The SMILES string of the molecule is O=C(OC(CCO)C(F)(F)C(=O)[O-])c1cc(I)cc(I)c1I. The van der Waals surface area contributed by atoms with Crippen LogP contribution in [0.25, 0.3) is 0 Å². The van der Waals surface area contributed by atoms with Crippen molar-refractivity contribution in [3.05, 3.63) is 28.4 Å². The number of carboxylic acids is 1. The third-order valence-electron chi connectivity index (χ3n) is 2.53. The van der Waals surface area contributed by atoms with Gasteiger partial charge in [0, 0.05) is 23.7 Å². The number of rotatable bonds is 6. The molecule has 0 saturated carbocycles. The van der Waals surface area contributed by atoms with Crippen LogP contribution >= 0.6 is 67.8 Å². The molecule has 10 heteroatoms. The standard InChI is InChI=1S/C12H9F2I3O5/c13-12(14,11(20)21)8(1-2-18)22-10(19)6-3-5(15)4-7(16)9(6)17/h3-4,8,18H,1-2H2,(H,20,21)/p-1. The first-order valence-electron chi connectivity index (χ1n) is 5.66. The third kappa shape index (κ3) is 4.83. The van der Waals surface area contributed by atoms with E-state index in [2.05, 4.69) is 4.74 Å². The number of ether oxygens (including phenoxy) is 1. The Bertz CT molecular complexity index is 594. The van der Waals surface area contributed by atoms with Gasteiger partial charge in [-0.2, -0.15) is 8.78 Å². The van der Waals surface area contributed by atoms with E-state index in [1.54, 1.807) is 6.07 Å². The maximum absolute atomic E-state index is 13.5. The Morgan fingerprint density at radius 2 is 1.91 bits per heavy atom. The van der Waals surface area contributed by atoms with Gasteiger partial charge in [-0.05, 0) is 79.9 Å². The van der Waals surface area contributed by atoms with Crippen LogP contribution in [0.15, 0.2) is 12.1 Å². The highest BCUT2D eigenvalue weighted by atomic mass is 127. The van der Waals surface area contributed by atoms with E-state index >= 15 is 0 Å². The van der Waals surface area contributed by atoms with Gasteiger partial charge in [0.15, 0.2) is 6.10 Å². The number of carboxylic acid groups (broad SMARTS) is 1. The number of aliphatic carboxylic acids is 1. The van der Waals surface area contributed by atoms with Crippen LogP contribution in [-0.4, -0.2) is 35.7 Å². The van der Waals surface area contributed by atoms with E-state index in [0.717, 1.165) is 3.57 Å². The third-order valence-corrected chi connectivity index (χ3v) is 6.20. The minimum absolute atomic E-state index is 0.0500. The maximum atomic E-state index is 13.5. The van der Waals surface area contributed by atoms with E-state index in [1.807, 2.05) is 67.8 Å². The van der Waals surface area contributed by atoms with Gasteiger partial charge < -0.3 is 19.7 Å². The summed E-state index contributed by atoms with van der Waals surface area (Å²) in [5.74, 6) is -8.13. The number of aliphatic hydroxyl groups is 1. The molecule has 22 heavy (non-hydrogen) atoms. The van der Waals surface area contributed by atoms with Crippen molar-refractivity contribution < 1.29 is 33.3 Å². The van der Waals surface area contributed by atoms with Crippen molar-refractivity contribution in [3.63, 3.8) is 0 Å². The summed E-state index contributed by atoms with van der Waals surface area (Å²) >= 11 is 5.79. The van der Waals surface area contributed by atoms with Gasteiger partial charge in [0.25, 0.3) is 0 Å². The second-order valence-electron chi connectivity index (χ2n) is 4.07. The molecule has 0 spiro atoms. The lowest BCUT2D eigenvalue weighted by molar-refractivity contribution is -0.336. The molecule has 5 nitrogen and oxygen atoms in total. The van der Waals surface area contributed by atoms with Crippen molar-refractivity contribution in [3.8, 4) is 0 Å². The highest BCUT2D eigenvalue weighted by Gasteiger charge is 2.44. The molecule has 0 bridgehead atoms. The Hall–Kier alpha value is 0.170. The smallest absolute Gasteiger partial charge is 0.339 e. The lowest BCUT2D eigenvalue weighted by atomic mass is 10.1. The molecule has 0 amide bonds. The van der Waals surface area contributed by atoms with E-state index in [0.29, 0.717) is 7.14 Å². The van der Waals surface area contributed by atoms with E-state index in [-0.39, 0.29) is 5.56 Å². The molecule has 1 unspecified atom stereocenters. The van der Waals surface area contributed by atoms with Crippen molar-refractivity contribution in [2.45, 2.75) is 18.4 Å². The zero-order chi connectivity index (χ0) is 17.1. The highest BCUT2D eigenvalue weighted by molar-refractivity contribution is 14.1. The monoisotopic (exact) mass is 651 g/mol. The molecule has 0 aliphatic carbocycles. The summed E-state index contributed by atoms with van der Waals surface area (Å²) in [4.78, 5) is 22.6. The van der Waals surface area contributed by atoms with Gasteiger partial charge in [0.05, 0.1) is 5.56 Å². The molecule has 0 aromatic heterocycles. The second-order valence-corrected chi connectivity index (χ2v) is 7.55.